The number of halogens is 2. The SMILES string of the molecule is CCOCCCNC(=O)c1cc(NC(=O)c2cc(Cl)cc(Cl)c2)ccc1N(C)C. The standard InChI is InChI=1S/C21H25Cl2N3O3/c1-4-29-9-5-8-24-21(28)18-13-17(6-7-19(18)26(2)3)25-20(27)14-10-15(22)12-16(23)11-14/h6-7,10-13H,4-5,8-9H2,1-3H3,(H,24,28)(H,25,27). The van der Waals surface area contributed by atoms with Crippen LogP contribution >= 0.6 is 23.2 Å². The molecule has 0 radical (unpaired) electrons. The maximum Gasteiger partial charge on any atom is 0.255 e. The predicted molar refractivity (Wildman–Crippen MR) is 119 cm³/mol. The topological polar surface area (TPSA) is 70.7 Å². The molecule has 6 nitrogen and oxygen atoms in total. The molecular formula is C21H25Cl2N3O3. The number of ether oxygens (including phenoxy) is 1. The number of anilines is 2. The van der Waals surface area contributed by atoms with Crippen LogP contribution in [0.2, 0.25) is 10.0 Å². The lowest BCUT2D eigenvalue weighted by Gasteiger charge is -2.18. The molecule has 0 fully saturated rings. The number of nitrogens with zero attached hydrogens (tertiary/aromatic N) is 1. The third-order valence-corrected chi connectivity index (χ3v) is 4.50. The van der Waals surface area contributed by atoms with Crippen LogP contribution in [0.15, 0.2) is 36.4 Å². The molecule has 0 aromatic heterocycles. The van der Waals surface area contributed by atoms with Crippen molar-refractivity contribution in [2.75, 3.05) is 44.1 Å². The highest BCUT2D eigenvalue weighted by Crippen LogP contribution is 2.24. The first-order valence-corrected chi connectivity index (χ1v) is 10.0. The number of hydrogen-bond donors (Lipinski definition) is 2. The third-order valence-electron chi connectivity index (χ3n) is 4.06. The monoisotopic (exact) mass is 437 g/mol. The fraction of sp³-hybridized carbons (Fsp3) is 0.333. The van der Waals surface area contributed by atoms with Crippen LogP contribution in [0.5, 0.6) is 0 Å². The Kier molecular flexibility index (Phi) is 8.76. The van der Waals surface area contributed by atoms with Crippen molar-refractivity contribution < 1.29 is 14.3 Å². The third kappa shape index (κ3) is 6.92. The lowest BCUT2D eigenvalue weighted by atomic mass is 10.1. The number of carbonyl (C=O) groups is 2. The van der Waals surface area contributed by atoms with E-state index in [0.29, 0.717) is 46.6 Å². The molecule has 29 heavy (non-hydrogen) atoms. The molecule has 0 aliphatic carbocycles. The molecule has 0 unspecified atom stereocenters. The summed E-state index contributed by atoms with van der Waals surface area (Å²) in [5.41, 5.74) is 2.04. The minimum Gasteiger partial charge on any atom is -0.382 e. The molecule has 2 aromatic rings. The van der Waals surface area contributed by atoms with E-state index in [1.165, 1.54) is 12.1 Å². The highest BCUT2D eigenvalue weighted by Gasteiger charge is 2.15. The highest BCUT2D eigenvalue weighted by atomic mass is 35.5. The summed E-state index contributed by atoms with van der Waals surface area (Å²) in [7, 11) is 3.71. The molecule has 0 heterocycles. The molecule has 2 aromatic carbocycles. The Hall–Kier alpha value is -2.28. The highest BCUT2D eigenvalue weighted by molar-refractivity contribution is 6.35. The fourth-order valence-corrected chi connectivity index (χ4v) is 3.22. The molecule has 0 saturated heterocycles. The van der Waals surface area contributed by atoms with Gasteiger partial charge in [0.15, 0.2) is 0 Å². The van der Waals surface area contributed by atoms with E-state index in [4.69, 9.17) is 27.9 Å². The molecule has 0 saturated carbocycles. The second kappa shape index (κ2) is 11.0. The van der Waals surface area contributed by atoms with E-state index in [0.717, 1.165) is 12.1 Å². The van der Waals surface area contributed by atoms with Gasteiger partial charge in [0.1, 0.15) is 0 Å². The summed E-state index contributed by atoms with van der Waals surface area (Å²) in [6.07, 6.45) is 0.725. The van der Waals surface area contributed by atoms with Gasteiger partial charge < -0.3 is 20.3 Å². The largest absolute Gasteiger partial charge is 0.382 e. The van der Waals surface area contributed by atoms with Gasteiger partial charge in [-0.3, -0.25) is 9.59 Å². The Morgan fingerprint density at radius 3 is 2.34 bits per heavy atom. The van der Waals surface area contributed by atoms with E-state index >= 15 is 0 Å². The quantitative estimate of drug-likeness (QED) is 0.567. The van der Waals surface area contributed by atoms with Crippen molar-refractivity contribution in [2.45, 2.75) is 13.3 Å². The second-order valence-electron chi connectivity index (χ2n) is 6.54. The fourth-order valence-electron chi connectivity index (χ4n) is 2.69. The Morgan fingerprint density at radius 1 is 1.03 bits per heavy atom. The maximum atomic E-state index is 12.7. The van der Waals surface area contributed by atoms with E-state index in [2.05, 4.69) is 10.6 Å². The number of benzene rings is 2. The predicted octanol–water partition coefficient (Wildman–Crippen LogP) is 4.47. The Morgan fingerprint density at radius 2 is 1.72 bits per heavy atom. The average Bonchev–Trinajstić information content (AvgIpc) is 2.66. The van der Waals surface area contributed by atoms with E-state index < -0.39 is 0 Å². The lowest BCUT2D eigenvalue weighted by Crippen LogP contribution is -2.27. The first kappa shape index (κ1) is 23.0. The van der Waals surface area contributed by atoms with Crippen LogP contribution in [0.4, 0.5) is 11.4 Å². The molecule has 2 rings (SSSR count). The van der Waals surface area contributed by atoms with Gasteiger partial charge in [0.2, 0.25) is 0 Å². The number of hydrogen-bond acceptors (Lipinski definition) is 4. The number of carbonyl (C=O) groups excluding carboxylic acids is 2. The smallest absolute Gasteiger partial charge is 0.255 e. The van der Waals surface area contributed by atoms with Gasteiger partial charge in [-0.2, -0.15) is 0 Å². The molecule has 0 aliphatic rings. The first-order valence-electron chi connectivity index (χ1n) is 9.26. The minimum atomic E-state index is -0.366. The molecule has 0 spiro atoms. The number of nitrogens with one attached hydrogen (secondary N) is 2. The van der Waals surface area contributed by atoms with E-state index in [-0.39, 0.29) is 11.8 Å². The van der Waals surface area contributed by atoms with Crippen LogP contribution in [0, 0.1) is 0 Å². The van der Waals surface area contributed by atoms with Crippen molar-refractivity contribution in [3.05, 3.63) is 57.6 Å². The van der Waals surface area contributed by atoms with Gasteiger partial charge in [-0.25, -0.2) is 0 Å². The lowest BCUT2D eigenvalue weighted by molar-refractivity contribution is 0.0943. The van der Waals surface area contributed by atoms with Crippen molar-refractivity contribution >= 4 is 46.4 Å². The molecule has 8 heteroatoms. The summed E-state index contributed by atoms with van der Waals surface area (Å²) in [5.74, 6) is -0.581. The molecule has 2 N–H and O–H groups in total. The van der Waals surface area contributed by atoms with Gasteiger partial charge >= 0.3 is 0 Å². The van der Waals surface area contributed by atoms with Crippen LogP contribution in [0.3, 0.4) is 0 Å². The zero-order chi connectivity index (χ0) is 21.4. The van der Waals surface area contributed by atoms with Crippen LogP contribution < -0.4 is 15.5 Å². The normalized spacial score (nSPS) is 10.5. The average molecular weight is 438 g/mol. The van der Waals surface area contributed by atoms with Gasteiger partial charge in [-0.05, 0) is 49.7 Å². The summed E-state index contributed by atoms with van der Waals surface area (Å²) in [6.45, 7) is 3.68. The minimum absolute atomic E-state index is 0.216. The van der Waals surface area contributed by atoms with Gasteiger partial charge in [0.05, 0.1) is 5.56 Å². The van der Waals surface area contributed by atoms with Gasteiger partial charge in [-0.1, -0.05) is 23.2 Å². The van der Waals surface area contributed by atoms with E-state index in [9.17, 15) is 9.59 Å². The molecule has 0 aliphatic heterocycles. The summed E-state index contributed by atoms with van der Waals surface area (Å²) in [6, 6.07) is 9.80. The maximum absolute atomic E-state index is 12.7. The van der Waals surface area contributed by atoms with Crippen LogP contribution in [-0.2, 0) is 4.74 Å². The molecule has 2 amide bonds. The number of amides is 2. The summed E-state index contributed by atoms with van der Waals surface area (Å²) in [5, 5.41) is 6.42. The summed E-state index contributed by atoms with van der Waals surface area (Å²) >= 11 is 11.9. The van der Waals surface area contributed by atoms with Crippen molar-refractivity contribution in [3.63, 3.8) is 0 Å². The second-order valence-corrected chi connectivity index (χ2v) is 7.42. The zero-order valence-electron chi connectivity index (χ0n) is 16.7. The van der Waals surface area contributed by atoms with Crippen LogP contribution in [0.25, 0.3) is 0 Å². The zero-order valence-corrected chi connectivity index (χ0v) is 18.2. The van der Waals surface area contributed by atoms with Crippen molar-refractivity contribution in [1.29, 1.82) is 0 Å². The van der Waals surface area contributed by atoms with Crippen LogP contribution in [0.1, 0.15) is 34.1 Å². The molecular weight excluding hydrogens is 413 g/mol. The van der Waals surface area contributed by atoms with Crippen molar-refractivity contribution in [2.24, 2.45) is 0 Å². The summed E-state index contributed by atoms with van der Waals surface area (Å²) in [4.78, 5) is 27.1. The van der Waals surface area contributed by atoms with Crippen molar-refractivity contribution in [3.8, 4) is 0 Å². The van der Waals surface area contributed by atoms with Crippen molar-refractivity contribution in [1.82, 2.24) is 5.32 Å². The number of rotatable bonds is 9. The van der Waals surface area contributed by atoms with Gasteiger partial charge in [0.25, 0.3) is 11.8 Å². The Labute approximate surface area is 181 Å². The molecule has 0 bridgehead atoms. The van der Waals surface area contributed by atoms with Gasteiger partial charge in [0, 0.05) is 60.8 Å². The molecule has 156 valence electrons. The van der Waals surface area contributed by atoms with Crippen LogP contribution in [-0.4, -0.2) is 45.7 Å². The Bertz CT molecular complexity index is 852. The summed E-state index contributed by atoms with van der Waals surface area (Å²) < 4.78 is 5.28. The first-order chi connectivity index (χ1) is 13.8. The molecule has 0 atom stereocenters. The Balaban J connectivity index is 2.16. The van der Waals surface area contributed by atoms with E-state index in [1.807, 2.05) is 25.9 Å². The van der Waals surface area contributed by atoms with Gasteiger partial charge in [-0.15, -0.1) is 0 Å². The van der Waals surface area contributed by atoms with E-state index in [1.54, 1.807) is 24.3 Å².